The Morgan fingerprint density at radius 2 is 1.80 bits per heavy atom. The maximum atomic E-state index is 5.50. The van der Waals surface area contributed by atoms with Crippen LogP contribution in [0.4, 0.5) is 0 Å². The minimum absolute atomic E-state index is 0.0872. The summed E-state index contributed by atoms with van der Waals surface area (Å²) < 4.78 is 15.8. The molecule has 0 aliphatic carbocycles. The Morgan fingerprint density at radius 1 is 1.10 bits per heavy atom. The van der Waals surface area contributed by atoms with Crippen molar-refractivity contribution in [3.63, 3.8) is 0 Å². The number of guanidine groups is 1. The van der Waals surface area contributed by atoms with Crippen LogP contribution in [0.2, 0.25) is 0 Å². The van der Waals surface area contributed by atoms with Gasteiger partial charge < -0.3 is 24.8 Å². The lowest BCUT2D eigenvalue weighted by molar-refractivity contribution is 0.0205. The molecule has 0 aliphatic rings. The van der Waals surface area contributed by atoms with E-state index in [1.807, 2.05) is 0 Å². The first-order valence-electron chi connectivity index (χ1n) is 6.99. The molecule has 0 saturated heterocycles. The number of nitrogens with zero attached hydrogens (tertiary/aromatic N) is 1. The summed E-state index contributed by atoms with van der Waals surface area (Å²) in [7, 11) is 5.15. The molecule has 0 rings (SSSR count). The normalized spacial score (nSPS) is 14.2. The molecule has 0 spiro atoms. The van der Waals surface area contributed by atoms with Crippen molar-refractivity contribution in [2.45, 2.75) is 26.9 Å². The summed E-state index contributed by atoms with van der Waals surface area (Å²) in [6.07, 6.45) is 0.124. The fourth-order valence-electron chi connectivity index (χ4n) is 1.64. The van der Waals surface area contributed by atoms with E-state index in [4.69, 9.17) is 14.2 Å². The molecule has 20 heavy (non-hydrogen) atoms. The van der Waals surface area contributed by atoms with Crippen LogP contribution in [0.25, 0.3) is 0 Å². The highest BCUT2D eigenvalue weighted by atomic mass is 16.5. The van der Waals surface area contributed by atoms with Gasteiger partial charge in [0.2, 0.25) is 0 Å². The first kappa shape index (κ1) is 19.1. The van der Waals surface area contributed by atoms with Gasteiger partial charge in [0.15, 0.2) is 5.96 Å². The van der Waals surface area contributed by atoms with Gasteiger partial charge in [0, 0.05) is 34.4 Å². The van der Waals surface area contributed by atoms with Crippen molar-refractivity contribution in [2.24, 2.45) is 10.4 Å². The molecule has 0 radical (unpaired) electrons. The van der Waals surface area contributed by atoms with Gasteiger partial charge in [-0.05, 0) is 5.41 Å². The van der Waals surface area contributed by atoms with Crippen LogP contribution in [0.3, 0.4) is 0 Å². The smallest absolute Gasteiger partial charge is 0.191 e. The Bertz CT molecular complexity index is 265. The van der Waals surface area contributed by atoms with Crippen molar-refractivity contribution in [3.05, 3.63) is 0 Å². The summed E-state index contributed by atoms with van der Waals surface area (Å²) >= 11 is 0. The van der Waals surface area contributed by atoms with Crippen LogP contribution in [0.5, 0.6) is 0 Å². The Morgan fingerprint density at radius 3 is 2.30 bits per heavy atom. The number of hydrogen-bond donors (Lipinski definition) is 2. The molecule has 0 aromatic heterocycles. The zero-order valence-corrected chi connectivity index (χ0v) is 13.8. The Labute approximate surface area is 123 Å². The van der Waals surface area contributed by atoms with Crippen LogP contribution in [0.1, 0.15) is 20.8 Å². The maximum Gasteiger partial charge on any atom is 0.191 e. The van der Waals surface area contributed by atoms with Crippen LogP contribution in [-0.4, -0.2) is 66.2 Å². The maximum absolute atomic E-state index is 5.50. The fraction of sp³-hybridized carbons (Fsp3) is 0.929. The summed E-state index contributed by atoms with van der Waals surface area (Å²) in [6.45, 7) is 9.74. The third-order valence-electron chi connectivity index (χ3n) is 2.90. The van der Waals surface area contributed by atoms with E-state index in [2.05, 4.69) is 36.4 Å². The topological polar surface area (TPSA) is 64.1 Å². The van der Waals surface area contributed by atoms with Gasteiger partial charge in [0.1, 0.15) is 0 Å². The van der Waals surface area contributed by atoms with Crippen molar-refractivity contribution >= 4 is 5.96 Å². The van der Waals surface area contributed by atoms with Crippen molar-refractivity contribution in [3.8, 4) is 0 Å². The summed E-state index contributed by atoms with van der Waals surface area (Å²) in [4.78, 5) is 4.17. The van der Waals surface area contributed by atoms with E-state index in [-0.39, 0.29) is 11.5 Å². The summed E-state index contributed by atoms with van der Waals surface area (Å²) in [5.41, 5.74) is 0.0872. The van der Waals surface area contributed by atoms with E-state index in [1.54, 1.807) is 21.3 Å². The summed E-state index contributed by atoms with van der Waals surface area (Å²) in [6, 6.07) is 0. The quantitative estimate of drug-likeness (QED) is 0.375. The molecule has 0 aromatic rings. The molecule has 0 aliphatic heterocycles. The van der Waals surface area contributed by atoms with Gasteiger partial charge in [-0.1, -0.05) is 20.8 Å². The van der Waals surface area contributed by atoms with E-state index in [1.165, 1.54) is 0 Å². The molecule has 120 valence electrons. The minimum atomic E-state index is 0.0872. The second-order valence-corrected chi connectivity index (χ2v) is 5.58. The minimum Gasteiger partial charge on any atom is -0.382 e. The zero-order valence-electron chi connectivity index (χ0n) is 13.8. The monoisotopic (exact) mass is 289 g/mol. The Balaban J connectivity index is 3.88. The number of hydrogen-bond acceptors (Lipinski definition) is 4. The lowest BCUT2D eigenvalue weighted by atomic mass is 9.89. The van der Waals surface area contributed by atoms with Gasteiger partial charge in [-0.3, -0.25) is 4.99 Å². The van der Waals surface area contributed by atoms with E-state index in [0.717, 1.165) is 5.96 Å². The molecular weight excluding hydrogens is 258 g/mol. The van der Waals surface area contributed by atoms with E-state index in [9.17, 15) is 0 Å². The first-order chi connectivity index (χ1) is 9.45. The van der Waals surface area contributed by atoms with E-state index in [0.29, 0.717) is 32.9 Å². The van der Waals surface area contributed by atoms with Gasteiger partial charge in [-0.25, -0.2) is 0 Å². The fourth-order valence-corrected chi connectivity index (χ4v) is 1.64. The lowest BCUT2D eigenvalue weighted by Gasteiger charge is -2.30. The van der Waals surface area contributed by atoms with Gasteiger partial charge in [-0.2, -0.15) is 0 Å². The molecular formula is C14H31N3O3. The largest absolute Gasteiger partial charge is 0.382 e. The van der Waals surface area contributed by atoms with Crippen LogP contribution in [0.15, 0.2) is 4.99 Å². The first-order valence-corrected chi connectivity index (χ1v) is 6.99. The van der Waals surface area contributed by atoms with Gasteiger partial charge >= 0.3 is 0 Å². The molecule has 0 saturated carbocycles. The molecule has 0 aromatic carbocycles. The van der Waals surface area contributed by atoms with Crippen LogP contribution in [0, 0.1) is 5.41 Å². The van der Waals surface area contributed by atoms with Crippen molar-refractivity contribution in [1.29, 1.82) is 0 Å². The van der Waals surface area contributed by atoms with Crippen molar-refractivity contribution < 1.29 is 14.2 Å². The zero-order chi connectivity index (χ0) is 15.4. The molecule has 1 atom stereocenters. The second-order valence-electron chi connectivity index (χ2n) is 5.58. The summed E-state index contributed by atoms with van der Waals surface area (Å²) in [5, 5.41) is 6.46. The predicted octanol–water partition coefficient (Wildman–Crippen LogP) is 0.876. The van der Waals surface area contributed by atoms with Crippen molar-refractivity contribution in [2.75, 3.05) is 54.2 Å². The molecule has 6 nitrogen and oxygen atoms in total. The molecule has 6 heteroatoms. The molecule has 0 bridgehead atoms. The molecule has 0 amide bonds. The SMILES string of the molecule is CN=C(NCCOCCOC)NCC(OC)C(C)(C)C. The van der Waals surface area contributed by atoms with E-state index < -0.39 is 0 Å². The molecule has 0 heterocycles. The second kappa shape index (κ2) is 10.9. The highest BCUT2D eigenvalue weighted by Crippen LogP contribution is 2.20. The molecule has 2 N–H and O–H groups in total. The number of aliphatic imine (C=N–C) groups is 1. The van der Waals surface area contributed by atoms with Gasteiger partial charge in [-0.15, -0.1) is 0 Å². The predicted molar refractivity (Wildman–Crippen MR) is 82.3 cm³/mol. The highest BCUT2D eigenvalue weighted by molar-refractivity contribution is 5.79. The van der Waals surface area contributed by atoms with Crippen LogP contribution < -0.4 is 10.6 Å². The van der Waals surface area contributed by atoms with Crippen LogP contribution in [-0.2, 0) is 14.2 Å². The average Bonchev–Trinajstić information content (AvgIpc) is 2.39. The summed E-state index contributed by atoms with van der Waals surface area (Å²) in [5.74, 6) is 0.756. The number of nitrogens with one attached hydrogen (secondary N) is 2. The van der Waals surface area contributed by atoms with Crippen LogP contribution >= 0.6 is 0 Å². The molecule has 0 fully saturated rings. The highest BCUT2D eigenvalue weighted by Gasteiger charge is 2.24. The Kier molecular flexibility index (Phi) is 10.4. The van der Waals surface area contributed by atoms with Gasteiger partial charge in [0.05, 0.1) is 25.9 Å². The van der Waals surface area contributed by atoms with E-state index >= 15 is 0 Å². The van der Waals surface area contributed by atoms with Crippen molar-refractivity contribution in [1.82, 2.24) is 10.6 Å². The number of methoxy groups -OCH3 is 2. The Hall–Kier alpha value is -0.850. The van der Waals surface area contributed by atoms with Gasteiger partial charge in [0.25, 0.3) is 0 Å². The number of ether oxygens (including phenoxy) is 3. The third kappa shape index (κ3) is 9.12. The standard InChI is InChI=1S/C14H31N3O3/c1-14(2,3)12(19-6)11-17-13(15-4)16-7-8-20-10-9-18-5/h12H,7-11H2,1-6H3,(H2,15,16,17). The number of rotatable bonds is 9. The molecule has 1 unspecified atom stereocenters. The lowest BCUT2D eigenvalue weighted by Crippen LogP contribution is -2.46. The third-order valence-corrected chi connectivity index (χ3v) is 2.90. The average molecular weight is 289 g/mol.